The van der Waals surface area contributed by atoms with E-state index in [1.54, 1.807) is 44.4 Å². The molecule has 0 saturated carbocycles. The van der Waals surface area contributed by atoms with Crippen molar-refractivity contribution in [3.05, 3.63) is 53.7 Å². The molecule has 2 unspecified atom stereocenters. The molecule has 6 nitrogen and oxygen atoms in total. The highest BCUT2D eigenvalue weighted by molar-refractivity contribution is 6.07. The average molecular weight is 343 g/mol. The number of rotatable bonds is 6. The summed E-state index contributed by atoms with van der Waals surface area (Å²) in [7, 11) is 1.58. The molecule has 2 heterocycles. The van der Waals surface area contributed by atoms with E-state index in [9.17, 15) is 9.90 Å². The van der Waals surface area contributed by atoms with Crippen LogP contribution >= 0.6 is 0 Å². The average Bonchev–Trinajstić information content (AvgIpc) is 3.20. The van der Waals surface area contributed by atoms with Crippen molar-refractivity contribution in [1.82, 2.24) is 5.32 Å². The summed E-state index contributed by atoms with van der Waals surface area (Å²) in [4.78, 5) is 12.7. The highest BCUT2D eigenvalue weighted by Gasteiger charge is 2.22. The second kappa shape index (κ2) is 7.03. The molecule has 0 bridgehead atoms. The largest absolute Gasteiger partial charge is 0.497 e. The van der Waals surface area contributed by atoms with E-state index in [0.717, 1.165) is 0 Å². The number of nitrogens with one attached hydrogen (secondary N) is 1. The van der Waals surface area contributed by atoms with Crippen LogP contribution in [-0.4, -0.2) is 24.2 Å². The number of benzene rings is 1. The molecule has 0 saturated heterocycles. The summed E-state index contributed by atoms with van der Waals surface area (Å²) in [5, 5.41) is 13.7. The Morgan fingerprint density at radius 1 is 1.36 bits per heavy atom. The summed E-state index contributed by atoms with van der Waals surface area (Å²) in [5.74, 6) is 1.43. The molecule has 25 heavy (non-hydrogen) atoms. The number of hydrogen-bond acceptors (Lipinski definition) is 5. The number of hydrogen-bond donors (Lipinski definition) is 2. The minimum absolute atomic E-state index is 0.247. The number of carbonyl (C=O) groups is 1. The van der Waals surface area contributed by atoms with Crippen LogP contribution in [0.1, 0.15) is 41.3 Å². The Kier molecular flexibility index (Phi) is 4.81. The Labute approximate surface area is 145 Å². The van der Waals surface area contributed by atoms with Gasteiger partial charge in [0.2, 0.25) is 0 Å². The highest BCUT2D eigenvalue weighted by Crippen LogP contribution is 2.29. The number of amides is 1. The van der Waals surface area contributed by atoms with Gasteiger partial charge >= 0.3 is 0 Å². The second-order valence-electron chi connectivity index (χ2n) is 6.04. The first kappa shape index (κ1) is 17.1. The second-order valence-corrected chi connectivity index (χ2v) is 6.04. The Bertz CT molecular complexity index is 865. The fourth-order valence-corrected chi connectivity index (χ4v) is 2.90. The lowest BCUT2D eigenvalue weighted by atomic mass is 10.1. The van der Waals surface area contributed by atoms with E-state index in [1.165, 1.54) is 6.26 Å². The Morgan fingerprint density at radius 2 is 2.16 bits per heavy atom. The monoisotopic (exact) mass is 343 g/mol. The summed E-state index contributed by atoms with van der Waals surface area (Å²) in [6, 6.07) is 8.53. The van der Waals surface area contributed by atoms with Crippen LogP contribution in [0.25, 0.3) is 11.0 Å². The summed E-state index contributed by atoms with van der Waals surface area (Å²) < 4.78 is 16.1. The van der Waals surface area contributed by atoms with E-state index in [-0.39, 0.29) is 11.9 Å². The first-order valence-electron chi connectivity index (χ1n) is 8.09. The molecule has 0 radical (unpaired) electrons. The van der Waals surface area contributed by atoms with Gasteiger partial charge in [0.1, 0.15) is 29.0 Å². The van der Waals surface area contributed by atoms with E-state index < -0.39 is 6.10 Å². The molecule has 3 rings (SSSR count). The van der Waals surface area contributed by atoms with Crippen molar-refractivity contribution in [3.63, 3.8) is 0 Å². The molecule has 132 valence electrons. The van der Waals surface area contributed by atoms with Gasteiger partial charge in [0.25, 0.3) is 5.91 Å². The minimum atomic E-state index is -0.771. The van der Waals surface area contributed by atoms with Crippen molar-refractivity contribution in [2.24, 2.45) is 0 Å². The fraction of sp³-hybridized carbons (Fsp3) is 0.316. The molecule has 0 aliphatic rings. The lowest BCUT2D eigenvalue weighted by molar-refractivity contribution is 0.0903. The zero-order valence-corrected chi connectivity index (χ0v) is 14.4. The maximum atomic E-state index is 12.7. The lowest BCUT2D eigenvalue weighted by Crippen LogP contribution is -2.34. The summed E-state index contributed by atoms with van der Waals surface area (Å²) in [6.07, 6.45) is 1.08. The van der Waals surface area contributed by atoms with Crippen LogP contribution in [0.4, 0.5) is 0 Å². The number of aliphatic hydroxyl groups is 1. The maximum absolute atomic E-state index is 12.7. The predicted octanol–water partition coefficient (Wildman–Crippen LogP) is 3.58. The van der Waals surface area contributed by atoms with Crippen LogP contribution in [0, 0.1) is 6.92 Å². The molecule has 1 amide bonds. The van der Waals surface area contributed by atoms with Gasteiger partial charge in [-0.25, -0.2) is 0 Å². The van der Waals surface area contributed by atoms with Gasteiger partial charge in [-0.05, 0) is 44.2 Å². The SMILES string of the molecule is COc1ccc2oc(C)c(C(=O)NC(C)CC(O)c3ccco3)c2c1. The number of furan rings is 2. The molecule has 0 aliphatic carbocycles. The molecule has 0 fully saturated rings. The molecule has 3 aromatic rings. The number of ether oxygens (including phenoxy) is 1. The van der Waals surface area contributed by atoms with E-state index >= 15 is 0 Å². The summed E-state index contributed by atoms with van der Waals surface area (Å²) >= 11 is 0. The predicted molar refractivity (Wildman–Crippen MR) is 92.7 cm³/mol. The van der Waals surface area contributed by atoms with Crippen LogP contribution < -0.4 is 10.1 Å². The number of aryl methyl sites for hydroxylation is 1. The lowest BCUT2D eigenvalue weighted by Gasteiger charge is -2.16. The van der Waals surface area contributed by atoms with Gasteiger partial charge < -0.3 is 24.0 Å². The molecule has 2 aromatic heterocycles. The number of methoxy groups -OCH3 is 1. The van der Waals surface area contributed by atoms with Gasteiger partial charge in [-0.2, -0.15) is 0 Å². The molecular weight excluding hydrogens is 322 g/mol. The number of fused-ring (bicyclic) bond motifs is 1. The van der Waals surface area contributed by atoms with Crippen molar-refractivity contribution >= 4 is 16.9 Å². The fourth-order valence-electron chi connectivity index (χ4n) is 2.90. The molecule has 0 aliphatic heterocycles. The molecule has 2 atom stereocenters. The third-order valence-electron chi connectivity index (χ3n) is 4.12. The number of aliphatic hydroxyl groups excluding tert-OH is 1. The summed E-state index contributed by atoms with van der Waals surface area (Å²) in [5.41, 5.74) is 1.11. The summed E-state index contributed by atoms with van der Waals surface area (Å²) in [6.45, 7) is 3.59. The van der Waals surface area contributed by atoms with E-state index in [1.807, 2.05) is 6.92 Å². The standard InChI is InChI=1S/C19H21NO5/c1-11(9-15(21)17-5-4-8-24-17)20-19(22)18-12(2)25-16-7-6-13(23-3)10-14(16)18/h4-8,10-11,15,21H,9H2,1-3H3,(H,20,22). The van der Waals surface area contributed by atoms with Crippen molar-refractivity contribution in [3.8, 4) is 5.75 Å². The zero-order chi connectivity index (χ0) is 18.0. The molecule has 1 aromatic carbocycles. The quantitative estimate of drug-likeness (QED) is 0.714. The maximum Gasteiger partial charge on any atom is 0.255 e. The van der Waals surface area contributed by atoms with Crippen molar-refractivity contribution in [2.75, 3.05) is 7.11 Å². The van der Waals surface area contributed by atoms with Crippen molar-refractivity contribution in [1.29, 1.82) is 0 Å². The Morgan fingerprint density at radius 3 is 2.84 bits per heavy atom. The van der Waals surface area contributed by atoms with Gasteiger partial charge in [0, 0.05) is 17.8 Å². The van der Waals surface area contributed by atoms with Crippen molar-refractivity contribution in [2.45, 2.75) is 32.4 Å². The third kappa shape index (κ3) is 3.53. The number of carbonyl (C=O) groups excluding carboxylic acids is 1. The normalized spacial score (nSPS) is 13.6. The Balaban J connectivity index is 1.76. The minimum Gasteiger partial charge on any atom is -0.497 e. The van der Waals surface area contributed by atoms with Gasteiger partial charge in [0.05, 0.1) is 18.9 Å². The van der Waals surface area contributed by atoms with E-state index in [4.69, 9.17) is 13.6 Å². The van der Waals surface area contributed by atoms with Gasteiger partial charge in [-0.3, -0.25) is 4.79 Å². The highest BCUT2D eigenvalue weighted by atomic mass is 16.5. The molecule has 2 N–H and O–H groups in total. The Hall–Kier alpha value is -2.73. The van der Waals surface area contributed by atoms with Gasteiger partial charge in [0.15, 0.2) is 0 Å². The van der Waals surface area contributed by atoms with Crippen LogP contribution in [0.2, 0.25) is 0 Å². The van der Waals surface area contributed by atoms with Crippen LogP contribution in [0.5, 0.6) is 5.75 Å². The molecule has 0 spiro atoms. The van der Waals surface area contributed by atoms with Crippen LogP contribution in [0.3, 0.4) is 0 Å². The van der Waals surface area contributed by atoms with Crippen molar-refractivity contribution < 1.29 is 23.5 Å². The van der Waals surface area contributed by atoms with Crippen LogP contribution in [0.15, 0.2) is 45.4 Å². The smallest absolute Gasteiger partial charge is 0.255 e. The molecular formula is C19H21NO5. The third-order valence-corrected chi connectivity index (χ3v) is 4.12. The van der Waals surface area contributed by atoms with E-state index in [2.05, 4.69) is 5.32 Å². The first-order valence-corrected chi connectivity index (χ1v) is 8.09. The van der Waals surface area contributed by atoms with Gasteiger partial charge in [-0.15, -0.1) is 0 Å². The van der Waals surface area contributed by atoms with E-state index in [0.29, 0.717) is 40.2 Å². The first-order chi connectivity index (χ1) is 12.0. The zero-order valence-electron chi connectivity index (χ0n) is 14.4. The van der Waals surface area contributed by atoms with Crippen LogP contribution in [-0.2, 0) is 0 Å². The molecule has 6 heteroatoms. The topological polar surface area (TPSA) is 84.8 Å². The van der Waals surface area contributed by atoms with Gasteiger partial charge in [-0.1, -0.05) is 0 Å².